The van der Waals surface area contributed by atoms with E-state index >= 15 is 0 Å². The van der Waals surface area contributed by atoms with Gasteiger partial charge in [0, 0.05) is 24.0 Å². The first kappa shape index (κ1) is 13.4. The van der Waals surface area contributed by atoms with Crippen LogP contribution in [-0.4, -0.2) is 10.8 Å². The van der Waals surface area contributed by atoms with E-state index in [1.165, 1.54) is 0 Å². The minimum Gasteiger partial charge on any atom is -0.311 e. The van der Waals surface area contributed by atoms with Gasteiger partial charge in [-0.25, -0.2) is 0 Å². The molecule has 92 valence electrons. The third-order valence-electron chi connectivity index (χ3n) is 2.80. The van der Waals surface area contributed by atoms with Gasteiger partial charge in [-0.05, 0) is 33.3 Å². The van der Waals surface area contributed by atoms with Crippen LogP contribution < -0.4 is 5.56 Å². The Balaban J connectivity index is 3.43. The fourth-order valence-electron chi connectivity index (χ4n) is 1.67. The summed E-state index contributed by atoms with van der Waals surface area (Å²) in [5.41, 5.74) is 1.37. The second kappa shape index (κ2) is 6.18. The van der Waals surface area contributed by atoms with E-state index in [-0.39, 0.29) is 11.6 Å². The molecule has 1 atom stereocenters. The summed E-state index contributed by atoms with van der Waals surface area (Å²) in [6.07, 6.45) is 8.26. The molecule has 3 nitrogen and oxygen atoms in total. The Kier molecular flexibility index (Phi) is 4.88. The number of rotatable bonds is 4. The van der Waals surface area contributed by atoms with Crippen molar-refractivity contribution in [3.63, 3.8) is 0 Å². The molecule has 0 spiro atoms. The summed E-state index contributed by atoms with van der Waals surface area (Å²) >= 11 is 0. The summed E-state index contributed by atoms with van der Waals surface area (Å²) < 4.78 is 1.75. The zero-order chi connectivity index (χ0) is 12.8. The quantitative estimate of drug-likeness (QED) is 0.731. The van der Waals surface area contributed by atoms with Crippen molar-refractivity contribution in [3.8, 4) is 0 Å². The topological polar surface area (TPSA) is 34.4 Å². The Labute approximate surface area is 103 Å². The van der Waals surface area contributed by atoms with E-state index in [2.05, 4.69) is 11.9 Å². The molecule has 0 aliphatic rings. The number of pyridine rings is 1. The molecule has 0 radical (unpaired) electrons. The van der Waals surface area contributed by atoms with Crippen LogP contribution in [0, 0.1) is 0 Å². The molecule has 0 aliphatic heterocycles. The first-order valence-corrected chi connectivity index (χ1v) is 6.02. The summed E-state index contributed by atoms with van der Waals surface area (Å²) in [5, 5.41) is 0. The van der Waals surface area contributed by atoms with E-state index in [4.69, 9.17) is 0 Å². The van der Waals surface area contributed by atoms with Crippen LogP contribution in [0.2, 0.25) is 0 Å². The Morgan fingerprint density at radius 3 is 2.71 bits per heavy atom. The van der Waals surface area contributed by atoms with Crippen LogP contribution in [0.5, 0.6) is 0 Å². The van der Waals surface area contributed by atoms with Crippen LogP contribution in [0.3, 0.4) is 0 Å². The molecule has 0 saturated carbocycles. The second-order valence-electron chi connectivity index (χ2n) is 3.98. The van der Waals surface area contributed by atoms with Crippen molar-refractivity contribution < 1.29 is 0 Å². The van der Waals surface area contributed by atoms with Crippen LogP contribution in [-0.2, 0) is 0 Å². The maximum absolute atomic E-state index is 12.3. The zero-order valence-electron chi connectivity index (χ0n) is 11.0. The third kappa shape index (κ3) is 2.93. The van der Waals surface area contributed by atoms with Crippen molar-refractivity contribution in [2.45, 2.75) is 40.2 Å². The van der Waals surface area contributed by atoms with Crippen molar-refractivity contribution in [2.75, 3.05) is 0 Å². The predicted molar refractivity (Wildman–Crippen MR) is 74.2 cm³/mol. The smallest absolute Gasteiger partial charge is 0.277 e. The van der Waals surface area contributed by atoms with E-state index in [1.807, 2.05) is 45.2 Å². The minimum atomic E-state index is -0.0203. The van der Waals surface area contributed by atoms with E-state index in [0.717, 1.165) is 12.0 Å². The van der Waals surface area contributed by atoms with Crippen LogP contribution in [0.4, 0.5) is 5.69 Å². The third-order valence-corrected chi connectivity index (χ3v) is 2.80. The lowest BCUT2D eigenvalue weighted by atomic mass is 10.2. The van der Waals surface area contributed by atoms with Crippen molar-refractivity contribution in [1.29, 1.82) is 0 Å². The highest BCUT2D eigenvalue weighted by Gasteiger charge is 2.10. The molecule has 17 heavy (non-hydrogen) atoms. The van der Waals surface area contributed by atoms with Crippen molar-refractivity contribution in [3.05, 3.63) is 34.3 Å². The highest BCUT2D eigenvalue weighted by Crippen LogP contribution is 2.17. The summed E-state index contributed by atoms with van der Waals surface area (Å²) in [5.74, 6) is 0. The molecular weight excluding hydrogens is 212 g/mol. The standard InChI is InChI=1S/C14H20N2O/c1-5-8-12-9-10-16(11(4)6-2)14(17)13(12)15-7-3/h5,7-11H,6H2,1-4H3/b8-5-,15-7-. The lowest BCUT2D eigenvalue weighted by Crippen LogP contribution is -2.22. The van der Waals surface area contributed by atoms with Gasteiger partial charge >= 0.3 is 0 Å². The molecule has 1 aromatic heterocycles. The monoisotopic (exact) mass is 232 g/mol. The summed E-state index contributed by atoms with van der Waals surface area (Å²) in [6, 6.07) is 2.14. The van der Waals surface area contributed by atoms with Gasteiger partial charge < -0.3 is 4.57 Å². The van der Waals surface area contributed by atoms with Gasteiger partial charge in [-0.3, -0.25) is 9.79 Å². The van der Waals surface area contributed by atoms with Crippen LogP contribution in [0.25, 0.3) is 6.08 Å². The minimum absolute atomic E-state index is 0.0203. The maximum Gasteiger partial charge on any atom is 0.277 e. The zero-order valence-corrected chi connectivity index (χ0v) is 11.0. The first-order valence-electron chi connectivity index (χ1n) is 6.02. The van der Waals surface area contributed by atoms with Gasteiger partial charge in [0.2, 0.25) is 0 Å². The molecule has 0 aromatic carbocycles. The number of aromatic nitrogens is 1. The molecule has 0 amide bonds. The number of hydrogen-bond acceptors (Lipinski definition) is 2. The van der Waals surface area contributed by atoms with E-state index in [9.17, 15) is 4.79 Å². The highest BCUT2D eigenvalue weighted by atomic mass is 16.1. The summed E-state index contributed by atoms with van der Waals surface area (Å²) in [4.78, 5) is 16.5. The summed E-state index contributed by atoms with van der Waals surface area (Å²) in [6.45, 7) is 7.86. The molecule has 1 aromatic rings. The molecule has 3 heteroatoms. The summed E-state index contributed by atoms with van der Waals surface area (Å²) in [7, 11) is 0. The van der Waals surface area contributed by atoms with Gasteiger partial charge in [0.05, 0.1) is 0 Å². The molecule has 0 saturated heterocycles. The first-order chi connectivity index (χ1) is 8.15. The highest BCUT2D eigenvalue weighted by molar-refractivity contribution is 5.68. The Morgan fingerprint density at radius 2 is 2.18 bits per heavy atom. The average Bonchev–Trinajstić information content (AvgIpc) is 2.33. The number of aliphatic imine (C=N–C) groups is 1. The lowest BCUT2D eigenvalue weighted by molar-refractivity contribution is 0.515. The van der Waals surface area contributed by atoms with E-state index in [1.54, 1.807) is 10.8 Å². The van der Waals surface area contributed by atoms with Crippen molar-refractivity contribution in [2.24, 2.45) is 4.99 Å². The lowest BCUT2D eigenvalue weighted by Gasteiger charge is -2.14. The normalized spacial score (nSPS) is 13.6. The SMILES string of the molecule is C/C=C\c1ccn(C(C)CC)c(=O)c1/N=C\C. The van der Waals surface area contributed by atoms with E-state index < -0.39 is 0 Å². The molecule has 1 rings (SSSR count). The predicted octanol–water partition coefficient (Wildman–Crippen LogP) is 3.57. The van der Waals surface area contributed by atoms with Crippen molar-refractivity contribution in [1.82, 2.24) is 4.57 Å². The van der Waals surface area contributed by atoms with Crippen LogP contribution in [0.15, 0.2) is 28.1 Å². The Hall–Kier alpha value is -1.64. The molecule has 0 N–H and O–H groups in total. The maximum atomic E-state index is 12.3. The fourth-order valence-corrected chi connectivity index (χ4v) is 1.67. The van der Waals surface area contributed by atoms with Crippen LogP contribution >= 0.6 is 0 Å². The molecule has 1 heterocycles. The Morgan fingerprint density at radius 1 is 1.47 bits per heavy atom. The number of nitrogens with zero attached hydrogens (tertiary/aromatic N) is 2. The van der Waals surface area contributed by atoms with Crippen molar-refractivity contribution >= 4 is 18.0 Å². The van der Waals surface area contributed by atoms with Gasteiger partial charge in [-0.1, -0.05) is 19.1 Å². The molecular formula is C14H20N2O. The Bertz CT molecular complexity index is 483. The van der Waals surface area contributed by atoms with Gasteiger partial charge in [0.25, 0.3) is 5.56 Å². The second-order valence-corrected chi connectivity index (χ2v) is 3.98. The van der Waals surface area contributed by atoms with E-state index in [0.29, 0.717) is 5.69 Å². The largest absolute Gasteiger partial charge is 0.311 e. The molecule has 1 unspecified atom stereocenters. The van der Waals surface area contributed by atoms with Crippen LogP contribution in [0.1, 0.15) is 45.7 Å². The number of allylic oxidation sites excluding steroid dienone is 1. The molecule has 0 aliphatic carbocycles. The van der Waals surface area contributed by atoms with Gasteiger partial charge in [-0.15, -0.1) is 0 Å². The van der Waals surface area contributed by atoms with Gasteiger partial charge in [-0.2, -0.15) is 0 Å². The average molecular weight is 232 g/mol. The fraction of sp³-hybridized carbons (Fsp3) is 0.429. The molecule has 0 bridgehead atoms. The number of hydrogen-bond donors (Lipinski definition) is 0. The van der Waals surface area contributed by atoms with Gasteiger partial charge in [0.15, 0.2) is 0 Å². The van der Waals surface area contributed by atoms with Gasteiger partial charge in [0.1, 0.15) is 5.69 Å². The molecule has 0 fully saturated rings.